The molecular weight excluding hydrogens is 414 g/mol. The molecule has 0 bridgehead atoms. The molecule has 15 heteroatoms. The van der Waals surface area contributed by atoms with E-state index in [1.54, 1.807) is 0 Å². The van der Waals surface area contributed by atoms with Crippen molar-refractivity contribution in [3.8, 4) is 0 Å². The number of phosphoric ester groups is 1. The van der Waals surface area contributed by atoms with Crippen molar-refractivity contribution < 1.29 is 47.3 Å². The Morgan fingerprint density at radius 2 is 1.73 bits per heavy atom. The van der Waals surface area contributed by atoms with E-state index in [1.807, 2.05) is 0 Å². The Balaban J connectivity index is 4.50. The first-order valence-electron chi connectivity index (χ1n) is 7.28. The van der Waals surface area contributed by atoms with Gasteiger partial charge in [0.1, 0.15) is 6.10 Å². The highest BCUT2D eigenvalue weighted by Gasteiger charge is 2.39. The average molecular weight is 438 g/mol. The van der Waals surface area contributed by atoms with Crippen molar-refractivity contribution in [1.82, 2.24) is 10.6 Å². The number of thiol groups is 1. The van der Waals surface area contributed by atoms with Crippen molar-refractivity contribution in [2.45, 2.75) is 26.4 Å². The third kappa shape index (κ3) is 11.3. The second-order valence-electron chi connectivity index (χ2n) is 5.82. The maximum Gasteiger partial charge on any atom is 0.481 e. The molecule has 0 saturated heterocycles. The van der Waals surface area contributed by atoms with Crippen molar-refractivity contribution >= 4 is 40.1 Å². The van der Waals surface area contributed by atoms with Crippen molar-refractivity contribution in [1.29, 1.82) is 0 Å². The Kier molecular flexibility index (Phi) is 10.5. The smallest absolute Gasteiger partial charge is 0.383 e. The highest BCUT2D eigenvalue weighted by molar-refractivity contribution is 7.80. The summed E-state index contributed by atoms with van der Waals surface area (Å²) >= 11 is 3.92. The SMILES string of the molecule is CC(C)(COP(=O)(O)OP(=O)(O)O)C(O)C(=O)NCCC(=O)NCCS. The molecule has 0 saturated carbocycles. The lowest BCUT2D eigenvalue weighted by Crippen LogP contribution is -2.46. The highest BCUT2D eigenvalue weighted by atomic mass is 32.1. The predicted molar refractivity (Wildman–Crippen MR) is 93.2 cm³/mol. The largest absolute Gasteiger partial charge is 0.481 e. The monoisotopic (exact) mass is 438 g/mol. The van der Waals surface area contributed by atoms with Crippen LogP contribution < -0.4 is 10.6 Å². The Hall–Kier alpha value is -0.490. The fourth-order valence-electron chi connectivity index (χ4n) is 1.52. The van der Waals surface area contributed by atoms with Gasteiger partial charge in [-0.3, -0.25) is 14.1 Å². The van der Waals surface area contributed by atoms with E-state index in [0.717, 1.165) is 0 Å². The van der Waals surface area contributed by atoms with Gasteiger partial charge in [0, 0.05) is 30.7 Å². The quantitative estimate of drug-likeness (QED) is 0.149. The van der Waals surface area contributed by atoms with Gasteiger partial charge in [0.05, 0.1) is 6.61 Å². The van der Waals surface area contributed by atoms with Crippen LogP contribution in [0.15, 0.2) is 0 Å². The summed E-state index contributed by atoms with van der Waals surface area (Å²) in [6.45, 7) is 2.23. The van der Waals surface area contributed by atoms with Crippen molar-refractivity contribution in [2.75, 3.05) is 25.4 Å². The van der Waals surface area contributed by atoms with Crippen LogP contribution in [0.3, 0.4) is 0 Å². The molecule has 0 fully saturated rings. The van der Waals surface area contributed by atoms with Crippen LogP contribution >= 0.6 is 28.3 Å². The molecule has 0 aliphatic carbocycles. The van der Waals surface area contributed by atoms with E-state index in [4.69, 9.17) is 9.79 Å². The summed E-state index contributed by atoms with van der Waals surface area (Å²) in [6, 6.07) is 0. The van der Waals surface area contributed by atoms with Crippen molar-refractivity contribution in [2.24, 2.45) is 5.41 Å². The molecule has 0 heterocycles. The summed E-state index contributed by atoms with van der Waals surface area (Å²) in [4.78, 5) is 49.5. The molecule has 2 atom stereocenters. The average Bonchev–Trinajstić information content (AvgIpc) is 2.48. The van der Waals surface area contributed by atoms with Crippen LogP contribution in [0.25, 0.3) is 0 Å². The molecular formula is C11H24N2O10P2S. The Bertz CT molecular complexity index is 581. The normalized spacial score (nSPS) is 15.8. The zero-order chi connectivity index (χ0) is 20.6. The molecule has 0 aromatic heterocycles. The van der Waals surface area contributed by atoms with Crippen LogP contribution in [0.1, 0.15) is 20.3 Å². The number of carbonyl (C=O) groups is 2. The van der Waals surface area contributed by atoms with Gasteiger partial charge < -0.3 is 30.4 Å². The van der Waals surface area contributed by atoms with Gasteiger partial charge in [-0.2, -0.15) is 16.9 Å². The lowest BCUT2D eigenvalue weighted by Gasteiger charge is -2.29. The summed E-state index contributed by atoms with van der Waals surface area (Å²) in [5, 5.41) is 14.9. The number of nitrogens with one attached hydrogen (secondary N) is 2. The second kappa shape index (κ2) is 10.7. The van der Waals surface area contributed by atoms with Crippen LogP contribution in [-0.2, 0) is 27.6 Å². The predicted octanol–water partition coefficient (Wildman–Crippen LogP) is -0.848. The van der Waals surface area contributed by atoms with Crippen molar-refractivity contribution in [3.63, 3.8) is 0 Å². The Labute approximate surface area is 155 Å². The number of amides is 2. The molecule has 6 N–H and O–H groups in total. The molecule has 0 aromatic carbocycles. The van der Waals surface area contributed by atoms with E-state index in [9.17, 15) is 28.7 Å². The van der Waals surface area contributed by atoms with Gasteiger partial charge in [-0.1, -0.05) is 13.8 Å². The van der Waals surface area contributed by atoms with Gasteiger partial charge in [-0.05, 0) is 0 Å². The van der Waals surface area contributed by atoms with E-state index < -0.39 is 39.7 Å². The van der Waals surface area contributed by atoms with E-state index in [2.05, 4.69) is 32.1 Å². The van der Waals surface area contributed by atoms with E-state index in [-0.39, 0.29) is 18.9 Å². The summed E-state index contributed by atoms with van der Waals surface area (Å²) in [5.74, 6) is -0.706. The van der Waals surface area contributed by atoms with E-state index in [0.29, 0.717) is 12.3 Å². The molecule has 2 unspecified atom stereocenters. The first-order chi connectivity index (χ1) is 11.7. The van der Waals surface area contributed by atoms with Crippen molar-refractivity contribution in [3.05, 3.63) is 0 Å². The van der Waals surface area contributed by atoms with Gasteiger partial charge >= 0.3 is 15.6 Å². The number of carbonyl (C=O) groups excluding carboxylic acids is 2. The molecule has 0 aliphatic rings. The summed E-state index contributed by atoms with van der Waals surface area (Å²) < 4.78 is 30.0. The first-order valence-corrected chi connectivity index (χ1v) is 10.9. The molecule has 0 spiro atoms. The summed E-state index contributed by atoms with van der Waals surface area (Å²) in [7, 11) is -10.4. The third-order valence-corrected chi connectivity index (χ3v) is 5.24. The topological polar surface area (TPSA) is 192 Å². The number of hydrogen-bond acceptors (Lipinski definition) is 8. The Morgan fingerprint density at radius 3 is 2.23 bits per heavy atom. The van der Waals surface area contributed by atoms with Gasteiger partial charge in [0.15, 0.2) is 0 Å². The minimum absolute atomic E-state index is 0.0227. The van der Waals surface area contributed by atoms with Gasteiger partial charge in [-0.15, -0.1) is 0 Å². The third-order valence-electron chi connectivity index (χ3n) is 2.88. The van der Waals surface area contributed by atoms with Gasteiger partial charge in [-0.25, -0.2) is 9.13 Å². The number of phosphoric acid groups is 2. The molecule has 12 nitrogen and oxygen atoms in total. The number of aliphatic hydroxyl groups is 1. The maximum absolute atomic E-state index is 11.9. The number of rotatable bonds is 12. The molecule has 0 radical (unpaired) electrons. The molecule has 0 aromatic rings. The molecule has 2 amide bonds. The zero-order valence-electron chi connectivity index (χ0n) is 14.2. The molecule has 0 aliphatic heterocycles. The summed E-state index contributed by atoms with van der Waals surface area (Å²) in [6.07, 6.45) is -1.72. The lowest BCUT2D eigenvalue weighted by atomic mass is 9.87. The van der Waals surface area contributed by atoms with Crippen LogP contribution in [0.5, 0.6) is 0 Å². The van der Waals surface area contributed by atoms with E-state index >= 15 is 0 Å². The standard InChI is InChI=1S/C11H24N2O10P2S/c1-11(2,7-22-25(20,21)23-24(17,18)19)9(15)10(16)13-4-3-8(14)12-5-6-26/h9,15,26H,3-7H2,1-2H3,(H,12,14)(H,13,16)(H,20,21)(H2,17,18,19). The van der Waals surface area contributed by atoms with Gasteiger partial charge in [0.25, 0.3) is 0 Å². The Morgan fingerprint density at radius 1 is 1.15 bits per heavy atom. The minimum Gasteiger partial charge on any atom is -0.383 e. The summed E-state index contributed by atoms with van der Waals surface area (Å²) in [5.41, 5.74) is -1.41. The van der Waals surface area contributed by atoms with Gasteiger partial charge in [0.2, 0.25) is 11.8 Å². The first kappa shape index (κ1) is 25.5. The van der Waals surface area contributed by atoms with Crippen LogP contribution in [0.4, 0.5) is 0 Å². The van der Waals surface area contributed by atoms with Crippen LogP contribution in [0.2, 0.25) is 0 Å². The lowest BCUT2D eigenvalue weighted by molar-refractivity contribution is -0.137. The number of aliphatic hydroxyl groups excluding tert-OH is 1. The molecule has 0 rings (SSSR count). The van der Waals surface area contributed by atoms with Crippen LogP contribution in [0, 0.1) is 5.41 Å². The fourth-order valence-corrected chi connectivity index (χ4v) is 3.39. The number of hydrogen-bond donors (Lipinski definition) is 7. The molecule has 26 heavy (non-hydrogen) atoms. The second-order valence-corrected chi connectivity index (χ2v) is 9.10. The fraction of sp³-hybridized carbons (Fsp3) is 0.818. The maximum atomic E-state index is 11.9. The van der Waals surface area contributed by atoms with Crippen LogP contribution in [-0.4, -0.2) is 63.2 Å². The van der Waals surface area contributed by atoms with E-state index in [1.165, 1.54) is 13.8 Å². The zero-order valence-corrected chi connectivity index (χ0v) is 16.9. The molecule has 154 valence electrons. The highest BCUT2D eigenvalue weighted by Crippen LogP contribution is 2.58. The minimum atomic E-state index is -5.27.